The zero-order valence-electron chi connectivity index (χ0n) is 53.4. The summed E-state index contributed by atoms with van der Waals surface area (Å²) in [7, 11) is 8.79. The molecule has 0 aromatic heterocycles. The van der Waals surface area contributed by atoms with E-state index in [4.69, 9.17) is 49.6 Å². The zero-order valence-corrected chi connectivity index (χ0v) is 55.0. The highest BCUT2D eigenvalue weighted by molar-refractivity contribution is 8.13. The van der Waals surface area contributed by atoms with Crippen LogP contribution in [0.15, 0.2) is 66.3 Å². The average molecular weight is 1320 g/mol. The molecule has 0 spiro atoms. The van der Waals surface area contributed by atoms with E-state index in [2.05, 4.69) is 16.0 Å². The quantitative estimate of drug-likeness (QED) is 0.0349. The maximum Gasteiger partial charge on any atom is 0.412 e. The number of likely N-dealkylation sites (N-methyl/N-ethyl adjacent to an activating group) is 3. The molecule has 4 bridgehead atoms. The SMILES string of the molecule is COc1cc2cc(c1Cl)N(C)C(=O)C[C@H](OC(=O)[C@H](C)N(C)C(=O)CCSC(=O)N(C)CCN(C)C(=O)OCc1ccc(NC(=O)OC3/C=C/CCCCC3)c(NCC(=O)ON3C(=O)CCC3=O)c1)[C@]1(C)O[C@H]1[C@H](C)[C@@H]1C[C@@](O)(NC(=O)O1)[C@H](OC)/C=C/C=C(\C)C2. The molecule has 4 heterocycles. The molecule has 29 heteroatoms. The lowest BCUT2D eigenvalue weighted by atomic mass is 9.83. The maximum atomic E-state index is 14.4. The number of ether oxygens (including phenoxy) is 7. The molecular formula is C63H83ClN8O19S. The molecule has 5 aliphatic rings. The van der Waals surface area contributed by atoms with Crippen molar-refractivity contribution in [3.05, 3.63) is 82.4 Å². The van der Waals surface area contributed by atoms with E-state index in [1.807, 2.05) is 25.2 Å². The lowest BCUT2D eigenvalue weighted by molar-refractivity contribution is -0.196. The molecule has 9 atom stereocenters. The average Bonchev–Trinajstić information content (AvgIpc) is 1.57. The van der Waals surface area contributed by atoms with Gasteiger partial charge < -0.3 is 68.0 Å². The van der Waals surface area contributed by atoms with Crippen LogP contribution in [0.4, 0.5) is 36.2 Å². The number of allylic oxidation sites excluding steroid dienone is 4. The maximum absolute atomic E-state index is 14.4. The largest absolute Gasteiger partial charge is 0.495 e. The highest BCUT2D eigenvalue weighted by atomic mass is 35.5. The molecule has 0 radical (unpaired) electrons. The molecule has 2 aromatic carbocycles. The first-order valence-corrected chi connectivity index (χ1v) is 31.7. The van der Waals surface area contributed by atoms with Crippen molar-refractivity contribution in [2.24, 2.45) is 5.92 Å². The number of carbonyl (C=O) groups excluding carboxylic acids is 10. The van der Waals surface area contributed by atoms with Crippen LogP contribution >= 0.6 is 23.4 Å². The van der Waals surface area contributed by atoms with Gasteiger partial charge in [-0.1, -0.05) is 72.7 Å². The van der Waals surface area contributed by atoms with Crippen LogP contribution in [0.5, 0.6) is 5.75 Å². The lowest BCUT2D eigenvalue weighted by Crippen LogP contribution is -2.63. The van der Waals surface area contributed by atoms with E-state index in [0.717, 1.165) is 48.6 Å². The van der Waals surface area contributed by atoms with Crippen molar-refractivity contribution in [3.8, 4) is 5.75 Å². The van der Waals surface area contributed by atoms with Crippen molar-refractivity contribution in [1.29, 1.82) is 0 Å². The van der Waals surface area contributed by atoms with E-state index in [9.17, 15) is 53.1 Å². The molecule has 4 aliphatic heterocycles. The highest BCUT2D eigenvalue weighted by Crippen LogP contribution is 2.49. The Morgan fingerprint density at radius 1 is 0.946 bits per heavy atom. The summed E-state index contributed by atoms with van der Waals surface area (Å²) < 4.78 is 40.7. The highest BCUT2D eigenvalue weighted by Gasteiger charge is 2.64. The predicted octanol–water partition coefficient (Wildman–Crippen LogP) is 7.41. The Hall–Kier alpha value is -7.92. The Morgan fingerprint density at radius 3 is 2.39 bits per heavy atom. The molecule has 1 unspecified atom stereocenters. The number of hydroxylamine groups is 2. The smallest absolute Gasteiger partial charge is 0.412 e. The summed E-state index contributed by atoms with van der Waals surface area (Å²) in [5.74, 6) is -4.45. The number of anilines is 3. The summed E-state index contributed by atoms with van der Waals surface area (Å²) in [6.45, 7) is 6.10. The molecule has 1 aliphatic carbocycles. The standard InChI is InChI=1S/C63H83ClN8O19S/c1-37-17-16-20-48(85-10)63(83)34-47(88-59(80)67-63)38(2)56-62(4,90-56)49(33-53(76)71(8)45-31-41(29-37)32-46(84-9)55(45)64)89-57(78)39(3)70(7)50(73)25-28-92-61(82)69(6)27-26-68(5)60(81)86-36-40-21-22-43(66-58(79)87-42-18-14-12-11-13-15-19-42)44(30-40)65-35-54(77)91-72-51(74)23-24-52(72)75/h14,16-18,20-22,30-32,38-39,42,47-49,56,65,83H,11-13,15,19,23-29,33-36H2,1-10H3,(H,66,79)(H,67,80)/b18-14+,20-16+,37-17+/t38-,39+,42?,47+,48-,49+,56+,62+,63+/m1/s1. The molecule has 92 heavy (non-hydrogen) atoms. The fourth-order valence-corrected chi connectivity index (χ4v) is 11.9. The number of halogens is 1. The van der Waals surface area contributed by atoms with E-state index < -0.39 is 126 Å². The second kappa shape index (κ2) is 32.1. The first-order chi connectivity index (χ1) is 43.6. The fraction of sp³-hybridized carbons (Fsp3) is 0.556. The summed E-state index contributed by atoms with van der Waals surface area (Å²) in [4.78, 5) is 142. The number of aliphatic hydroxyl groups is 1. The Bertz CT molecular complexity index is 3190. The van der Waals surface area contributed by atoms with Gasteiger partial charge in [-0.05, 0) is 94.3 Å². The normalized spacial score (nSPS) is 25.7. The van der Waals surface area contributed by atoms with Gasteiger partial charge >= 0.3 is 30.2 Å². The minimum Gasteiger partial charge on any atom is -0.495 e. The fourth-order valence-electron chi connectivity index (χ4n) is 10.9. The van der Waals surface area contributed by atoms with Gasteiger partial charge in [-0.25, -0.2) is 24.0 Å². The third-order valence-corrected chi connectivity index (χ3v) is 18.1. The van der Waals surface area contributed by atoms with Crippen LogP contribution < -0.4 is 25.6 Å². The number of hydrogen-bond donors (Lipinski definition) is 4. The van der Waals surface area contributed by atoms with Crippen LogP contribution in [-0.2, 0) is 75.1 Å². The number of nitrogens with zero attached hydrogens (tertiary/aromatic N) is 5. The van der Waals surface area contributed by atoms with Gasteiger partial charge in [0.15, 0.2) is 5.72 Å². The van der Waals surface area contributed by atoms with Crippen LogP contribution in [0.3, 0.4) is 0 Å². The van der Waals surface area contributed by atoms with Crippen LogP contribution in [0.2, 0.25) is 5.02 Å². The topological polar surface area (TPSA) is 320 Å². The van der Waals surface area contributed by atoms with E-state index in [-0.39, 0.29) is 67.5 Å². The van der Waals surface area contributed by atoms with E-state index in [0.29, 0.717) is 34.9 Å². The third kappa shape index (κ3) is 18.7. The molecule has 3 saturated heterocycles. The van der Waals surface area contributed by atoms with Crippen molar-refractivity contribution in [1.82, 2.24) is 25.1 Å². The van der Waals surface area contributed by atoms with Gasteiger partial charge in [-0.2, -0.15) is 0 Å². The van der Waals surface area contributed by atoms with Crippen LogP contribution in [0.1, 0.15) is 103 Å². The Balaban J connectivity index is 0.925. The first-order valence-electron chi connectivity index (χ1n) is 30.3. The van der Waals surface area contributed by atoms with Gasteiger partial charge in [0.2, 0.25) is 11.8 Å². The number of nitrogens with one attached hydrogen (secondary N) is 3. The molecule has 27 nitrogen and oxygen atoms in total. The zero-order chi connectivity index (χ0) is 67.2. The van der Waals surface area contributed by atoms with Crippen molar-refractivity contribution < 1.29 is 91.0 Å². The van der Waals surface area contributed by atoms with Gasteiger partial charge in [-0.15, -0.1) is 5.06 Å². The summed E-state index contributed by atoms with van der Waals surface area (Å²) in [5.41, 5.74) is -0.464. The van der Waals surface area contributed by atoms with Gasteiger partial charge in [0.05, 0.1) is 36.7 Å². The number of alkyl carbamates (subject to hydrolysis) is 1. The van der Waals surface area contributed by atoms with Crippen molar-refractivity contribution in [2.75, 3.05) is 83.3 Å². The minimum absolute atomic E-state index is 0.0202. The van der Waals surface area contributed by atoms with Crippen LogP contribution in [0.25, 0.3) is 0 Å². The number of esters is 1. The number of carbonyl (C=O) groups is 10. The molecule has 3 fully saturated rings. The molecule has 2 aromatic rings. The third-order valence-electron chi connectivity index (χ3n) is 16.7. The monoisotopic (exact) mass is 1320 g/mol. The lowest BCUT2D eigenvalue weighted by Gasteiger charge is -2.42. The number of benzene rings is 2. The van der Waals surface area contributed by atoms with Crippen molar-refractivity contribution in [3.63, 3.8) is 0 Å². The molecule has 8 amide bonds. The minimum atomic E-state index is -1.91. The van der Waals surface area contributed by atoms with E-state index in [1.54, 1.807) is 44.2 Å². The number of methoxy groups -OCH3 is 2. The molecule has 502 valence electrons. The number of rotatable bonds is 19. The number of hydrogen-bond acceptors (Lipinski definition) is 21. The van der Waals surface area contributed by atoms with E-state index in [1.165, 1.54) is 81.1 Å². The second-order valence-electron chi connectivity index (χ2n) is 23.6. The number of epoxide rings is 1. The van der Waals surface area contributed by atoms with Crippen molar-refractivity contribution in [2.45, 2.75) is 153 Å². The second-order valence-corrected chi connectivity index (χ2v) is 25.0. The number of amides is 8. The summed E-state index contributed by atoms with van der Waals surface area (Å²) in [6.07, 6.45) is 6.13. The van der Waals surface area contributed by atoms with Gasteiger partial charge in [0.25, 0.3) is 17.1 Å². The first kappa shape index (κ1) is 71.5. The van der Waals surface area contributed by atoms with Crippen LogP contribution in [0, 0.1) is 5.92 Å². The molecule has 4 N–H and O–H groups in total. The van der Waals surface area contributed by atoms with Gasteiger partial charge in [0.1, 0.15) is 60.0 Å². The summed E-state index contributed by atoms with van der Waals surface area (Å²) in [6, 6.07) is 6.93. The molecular weight excluding hydrogens is 1240 g/mol. The summed E-state index contributed by atoms with van der Waals surface area (Å²) in [5, 5.41) is 20.1. The number of fused-ring (bicyclic) bond motifs is 5. The van der Waals surface area contributed by atoms with Crippen LogP contribution in [-0.4, -0.2) is 200 Å². The Morgan fingerprint density at radius 2 is 1.67 bits per heavy atom. The van der Waals surface area contributed by atoms with Crippen molar-refractivity contribution >= 4 is 99.5 Å². The Kier molecular flexibility index (Phi) is 24.9. The summed E-state index contributed by atoms with van der Waals surface area (Å²) >= 11 is 7.69. The molecule has 7 rings (SSSR count). The van der Waals surface area contributed by atoms with Gasteiger partial charge in [0, 0.05) is 85.7 Å². The predicted molar refractivity (Wildman–Crippen MR) is 337 cm³/mol. The number of thioether (sulfide) groups is 1. The van der Waals surface area contributed by atoms with E-state index >= 15 is 0 Å². The molecule has 0 saturated carbocycles. The van der Waals surface area contributed by atoms with Gasteiger partial charge in [-0.3, -0.25) is 34.6 Å². The number of imide groups is 1. The Labute approximate surface area is 543 Å².